The van der Waals surface area contributed by atoms with Crippen molar-refractivity contribution in [1.82, 2.24) is 10.3 Å². The summed E-state index contributed by atoms with van der Waals surface area (Å²) in [5.74, 6) is 0.813. The Kier molecular flexibility index (Phi) is 7.31. The predicted octanol–water partition coefficient (Wildman–Crippen LogP) is 2.18. The zero-order valence-electron chi connectivity index (χ0n) is 15.4. The Labute approximate surface area is 149 Å². The molecule has 1 aromatic heterocycles. The van der Waals surface area contributed by atoms with Crippen molar-refractivity contribution in [3.8, 4) is 5.88 Å². The van der Waals surface area contributed by atoms with Crippen LogP contribution in [0.5, 0.6) is 5.88 Å². The number of ether oxygens (including phenoxy) is 2. The van der Waals surface area contributed by atoms with Gasteiger partial charge in [-0.05, 0) is 39.5 Å². The molecule has 1 fully saturated rings. The van der Waals surface area contributed by atoms with Gasteiger partial charge in [0.05, 0.1) is 24.2 Å². The van der Waals surface area contributed by atoms with Gasteiger partial charge in [0.15, 0.2) is 0 Å². The molecule has 1 amide bonds. The third kappa shape index (κ3) is 6.08. The summed E-state index contributed by atoms with van der Waals surface area (Å²) in [5, 5.41) is 6.48. The van der Waals surface area contributed by atoms with E-state index < -0.39 is 0 Å². The van der Waals surface area contributed by atoms with Crippen LogP contribution >= 0.6 is 0 Å². The number of nitrogens with zero attached hydrogens (tertiary/aromatic N) is 1. The Morgan fingerprint density at radius 2 is 2.04 bits per heavy atom. The molecule has 25 heavy (non-hydrogen) atoms. The average molecular weight is 350 g/mol. The smallest absolute Gasteiger partial charge is 0.223 e. The number of rotatable bonds is 8. The Morgan fingerprint density at radius 1 is 1.32 bits per heavy atom. The van der Waals surface area contributed by atoms with E-state index in [0.717, 1.165) is 31.4 Å². The number of hydrogen-bond donors (Lipinski definition) is 3. The van der Waals surface area contributed by atoms with E-state index in [2.05, 4.69) is 15.6 Å². The van der Waals surface area contributed by atoms with Crippen molar-refractivity contribution in [2.24, 2.45) is 5.92 Å². The highest BCUT2D eigenvalue weighted by Gasteiger charge is 2.26. The van der Waals surface area contributed by atoms with Crippen LogP contribution in [0.3, 0.4) is 0 Å². The molecule has 1 saturated carbocycles. The highest BCUT2D eigenvalue weighted by molar-refractivity contribution is 5.79. The Balaban J connectivity index is 1.86. The molecule has 1 aliphatic rings. The van der Waals surface area contributed by atoms with Crippen LogP contribution in [0.25, 0.3) is 0 Å². The molecule has 7 heteroatoms. The van der Waals surface area contributed by atoms with Crippen molar-refractivity contribution < 1.29 is 14.3 Å². The number of nitrogen functional groups attached to an aromatic ring is 1. The van der Waals surface area contributed by atoms with Gasteiger partial charge in [0.25, 0.3) is 0 Å². The summed E-state index contributed by atoms with van der Waals surface area (Å²) in [4.78, 5) is 16.3. The maximum atomic E-state index is 12.1. The number of carbonyl (C=O) groups excluding carboxylic acids is 1. The third-order valence-electron chi connectivity index (χ3n) is 4.34. The first kappa shape index (κ1) is 19.3. The topological polar surface area (TPSA) is 98.5 Å². The van der Waals surface area contributed by atoms with Gasteiger partial charge in [0.1, 0.15) is 6.61 Å². The number of amides is 1. The fraction of sp³-hybridized carbons (Fsp3) is 0.667. The summed E-state index contributed by atoms with van der Waals surface area (Å²) in [5.41, 5.74) is 7.45. The van der Waals surface area contributed by atoms with Crippen LogP contribution in [0.2, 0.25) is 0 Å². The molecule has 2 rings (SSSR count). The third-order valence-corrected chi connectivity index (χ3v) is 4.34. The normalized spacial score (nSPS) is 20.3. The molecule has 0 unspecified atom stereocenters. The minimum absolute atomic E-state index is 0.114. The van der Waals surface area contributed by atoms with E-state index in [1.165, 1.54) is 0 Å². The van der Waals surface area contributed by atoms with Gasteiger partial charge in [-0.3, -0.25) is 4.79 Å². The lowest BCUT2D eigenvalue weighted by Gasteiger charge is -2.30. The summed E-state index contributed by atoms with van der Waals surface area (Å²) in [7, 11) is 1.63. The van der Waals surface area contributed by atoms with Crippen LogP contribution in [0.1, 0.15) is 39.5 Å². The van der Waals surface area contributed by atoms with Gasteiger partial charge in [-0.1, -0.05) is 0 Å². The van der Waals surface area contributed by atoms with Crippen LogP contribution in [0, 0.1) is 5.92 Å². The summed E-state index contributed by atoms with van der Waals surface area (Å²) < 4.78 is 10.5. The highest BCUT2D eigenvalue weighted by atomic mass is 16.5. The van der Waals surface area contributed by atoms with Gasteiger partial charge in [0.2, 0.25) is 11.8 Å². The van der Waals surface area contributed by atoms with Crippen LogP contribution in [0.4, 0.5) is 11.4 Å². The lowest BCUT2D eigenvalue weighted by molar-refractivity contribution is -0.126. The van der Waals surface area contributed by atoms with Gasteiger partial charge in [-0.15, -0.1) is 0 Å². The number of nitrogens with one attached hydrogen (secondary N) is 2. The molecule has 7 nitrogen and oxygen atoms in total. The van der Waals surface area contributed by atoms with Crippen LogP contribution < -0.4 is 21.1 Å². The van der Waals surface area contributed by atoms with Gasteiger partial charge < -0.3 is 25.8 Å². The minimum Gasteiger partial charge on any atom is -0.475 e. The summed E-state index contributed by atoms with van der Waals surface area (Å²) in [6.07, 6.45) is 5.26. The summed E-state index contributed by atoms with van der Waals surface area (Å²) in [6.45, 7) is 4.94. The van der Waals surface area contributed by atoms with E-state index in [1.54, 1.807) is 13.3 Å². The fourth-order valence-electron chi connectivity index (χ4n) is 3.00. The molecule has 0 spiro atoms. The largest absolute Gasteiger partial charge is 0.475 e. The van der Waals surface area contributed by atoms with E-state index >= 15 is 0 Å². The molecule has 0 saturated heterocycles. The van der Waals surface area contributed by atoms with E-state index in [0.29, 0.717) is 30.8 Å². The van der Waals surface area contributed by atoms with Crippen molar-refractivity contribution in [3.63, 3.8) is 0 Å². The zero-order valence-corrected chi connectivity index (χ0v) is 15.4. The zero-order chi connectivity index (χ0) is 18.2. The van der Waals surface area contributed by atoms with Gasteiger partial charge in [-0.25, -0.2) is 4.98 Å². The second kappa shape index (κ2) is 9.46. The number of hydrogen-bond acceptors (Lipinski definition) is 6. The highest BCUT2D eigenvalue weighted by Crippen LogP contribution is 2.29. The Morgan fingerprint density at radius 3 is 2.68 bits per heavy atom. The molecule has 0 radical (unpaired) electrons. The predicted molar refractivity (Wildman–Crippen MR) is 98.7 cm³/mol. The van der Waals surface area contributed by atoms with E-state index in [9.17, 15) is 4.79 Å². The number of methoxy groups -OCH3 is 1. The first-order valence-electron chi connectivity index (χ1n) is 8.93. The number of anilines is 2. The first-order chi connectivity index (χ1) is 12.0. The molecule has 0 atom stereocenters. The number of pyridine rings is 1. The second-order valence-electron chi connectivity index (χ2n) is 6.81. The molecule has 1 aliphatic carbocycles. The molecular formula is C18H30N4O3. The summed E-state index contributed by atoms with van der Waals surface area (Å²) >= 11 is 0. The first-order valence-corrected chi connectivity index (χ1v) is 8.93. The van der Waals surface area contributed by atoms with Crippen molar-refractivity contribution >= 4 is 17.3 Å². The second-order valence-corrected chi connectivity index (χ2v) is 6.81. The van der Waals surface area contributed by atoms with Crippen molar-refractivity contribution in [2.75, 3.05) is 31.4 Å². The maximum absolute atomic E-state index is 12.1. The molecular weight excluding hydrogens is 320 g/mol. The van der Waals surface area contributed by atoms with Crippen molar-refractivity contribution in [2.45, 2.75) is 51.6 Å². The van der Waals surface area contributed by atoms with Gasteiger partial charge in [0, 0.05) is 31.2 Å². The fourth-order valence-corrected chi connectivity index (χ4v) is 3.00. The Hall–Kier alpha value is -2.02. The van der Waals surface area contributed by atoms with Crippen LogP contribution in [-0.4, -0.2) is 43.3 Å². The van der Waals surface area contributed by atoms with E-state index in [4.69, 9.17) is 15.2 Å². The minimum atomic E-state index is 0.114. The lowest BCUT2D eigenvalue weighted by Crippen LogP contribution is -2.38. The standard InChI is InChI=1S/C18H30N4O3/c1-12(2)21-18(23)13-4-6-14(7-5-13)22-16-10-17(20-11-15(16)19)25-9-8-24-3/h10-14H,4-9,19H2,1-3H3,(H,20,22)(H,21,23)/t13-,14+. The molecule has 1 heterocycles. The molecule has 140 valence electrons. The van der Waals surface area contributed by atoms with Gasteiger partial charge >= 0.3 is 0 Å². The molecule has 4 N–H and O–H groups in total. The van der Waals surface area contributed by atoms with Crippen LogP contribution in [-0.2, 0) is 9.53 Å². The van der Waals surface area contributed by atoms with Crippen molar-refractivity contribution in [1.29, 1.82) is 0 Å². The lowest BCUT2D eigenvalue weighted by atomic mass is 9.85. The SMILES string of the molecule is COCCOc1cc(N[C@H]2CC[C@@H](C(=O)NC(C)C)CC2)c(N)cn1. The number of nitrogens with two attached hydrogens (primary N) is 1. The average Bonchev–Trinajstić information content (AvgIpc) is 2.58. The quantitative estimate of drug-likeness (QED) is 0.622. The number of carbonyl (C=O) groups is 1. The van der Waals surface area contributed by atoms with Gasteiger partial charge in [-0.2, -0.15) is 0 Å². The number of aromatic nitrogens is 1. The summed E-state index contributed by atoms with van der Waals surface area (Å²) in [6, 6.07) is 2.32. The van der Waals surface area contributed by atoms with E-state index in [1.807, 2.05) is 19.9 Å². The monoisotopic (exact) mass is 350 g/mol. The molecule has 0 aromatic carbocycles. The Bertz CT molecular complexity index is 557. The maximum Gasteiger partial charge on any atom is 0.223 e. The molecule has 0 aliphatic heterocycles. The van der Waals surface area contributed by atoms with Crippen molar-refractivity contribution in [3.05, 3.63) is 12.3 Å². The van der Waals surface area contributed by atoms with Crippen LogP contribution in [0.15, 0.2) is 12.3 Å². The molecule has 0 bridgehead atoms. The van der Waals surface area contributed by atoms with E-state index in [-0.39, 0.29) is 17.9 Å². The molecule has 1 aromatic rings.